The van der Waals surface area contributed by atoms with Crippen LogP contribution in [0.4, 0.5) is 0 Å². The number of nitrogens with zero attached hydrogens (tertiary/aromatic N) is 4. The minimum atomic E-state index is -0.371. The van der Waals surface area contributed by atoms with E-state index in [2.05, 4.69) is 30.8 Å². The average molecular weight is 470 g/mol. The van der Waals surface area contributed by atoms with Crippen molar-refractivity contribution < 1.29 is 9.53 Å². The summed E-state index contributed by atoms with van der Waals surface area (Å²) < 4.78 is 7.00. The fraction of sp³-hybridized carbons (Fsp3) is 0.154. The number of thiocarbonyl (C=S) groups is 1. The van der Waals surface area contributed by atoms with Crippen molar-refractivity contribution in [2.45, 2.75) is 18.6 Å². The third-order valence-electron chi connectivity index (χ3n) is 5.90. The van der Waals surface area contributed by atoms with Gasteiger partial charge in [-0.3, -0.25) is 9.97 Å². The maximum absolute atomic E-state index is 12.1. The maximum atomic E-state index is 12.1. The van der Waals surface area contributed by atoms with Gasteiger partial charge in [0.05, 0.1) is 30.5 Å². The summed E-state index contributed by atoms with van der Waals surface area (Å²) in [5.74, 6) is -0.371. The first-order valence-corrected chi connectivity index (χ1v) is 11.3. The smallest absolute Gasteiger partial charge is 0.337 e. The lowest BCUT2D eigenvalue weighted by molar-refractivity contribution is 0.0600. The van der Waals surface area contributed by atoms with E-state index in [0.29, 0.717) is 17.2 Å². The monoisotopic (exact) mass is 469 g/mol. The molecule has 8 heteroatoms. The molecule has 7 nitrogen and oxygen atoms in total. The second-order valence-corrected chi connectivity index (χ2v) is 8.35. The number of pyridine rings is 2. The minimum absolute atomic E-state index is 0.139. The van der Waals surface area contributed by atoms with E-state index in [1.54, 1.807) is 18.5 Å². The largest absolute Gasteiger partial charge is 0.465 e. The third-order valence-corrected chi connectivity index (χ3v) is 6.25. The van der Waals surface area contributed by atoms with Crippen LogP contribution in [0.2, 0.25) is 0 Å². The van der Waals surface area contributed by atoms with E-state index in [9.17, 15) is 4.79 Å². The van der Waals surface area contributed by atoms with Crippen molar-refractivity contribution in [2.75, 3.05) is 7.11 Å². The number of benzene rings is 1. The molecule has 1 fully saturated rings. The topological polar surface area (TPSA) is 72.3 Å². The van der Waals surface area contributed by atoms with Gasteiger partial charge in [-0.05, 0) is 66.3 Å². The Morgan fingerprint density at radius 2 is 2.00 bits per heavy atom. The molecule has 170 valence electrons. The quantitative estimate of drug-likeness (QED) is 0.335. The van der Waals surface area contributed by atoms with Crippen molar-refractivity contribution >= 4 is 23.3 Å². The number of carbonyl (C=O) groups is 1. The Balaban J connectivity index is 1.59. The molecule has 0 aliphatic carbocycles. The van der Waals surface area contributed by atoms with Gasteiger partial charge in [0.1, 0.15) is 0 Å². The molecule has 5 rings (SSSR count). The lowest BCUT2D eigenvalue weighted by atomic mass is 10.0. The van der Waals surface area contributed by atoms with Crippen molar-refractivity contribution in [2.24, 2.45) is 0 Å². The molecule has 0 spiro atoms. The molecule has 4 aromatic rings. The van der Waals surface area contributed by atoms with E-state index in [-0.39, 0.29) is 18.1 Å². The van der Waals surface area contributed by atoms with E-state index >= 15 is 0 Å². The van der Waals surface area contributed by atoms with Gasteiger partial charge in [-0.2, -0.15) is 0 Å². The van der Waals surface area contributed by atoms with Gasteiger partial charge in [0.25, 0.3) is 0 Å². The standard InChI is InChI=1S/C26H23N5O2S/c1-33-25(32)19-8-4-9-20(15-19)30-14-6-11-22(30)24-23(21-10-2-3-13-28-21)29-26(34)31(24)17-18-7-5-12-27-16-18/h2-16,23-24H,17H2,1H3,(H,29,34)/t23-,24-/m1/s1. The summed E-state index contributed by atoms with van der Waals surface area (Å²) in [6.45, 7) is 0.598. The zero-order valence-corrected chi connectivity index (χ0v) is 19.4. The average Bonchev–Trinajstić information content (AvgIpc) is 3.49. The van der Waals surface area contributed by atoms with E-state index in [0.717, 1.165) is 22.6 Å². The molecule has 3 aromatic heterocycles. The van der Waals surface area contributed by atoms with Gasteiger partial charge in [-0.15, -0.1) is 0 Å². The molecule has 0 saturated carbocycles. The molecule has 0 bridgehead atoms. The Kier molecular flexibility index (Phi) is 6.05. The van der Waals surface area contributed by atoms with Crippen molar-refractivity contribution in [3.8, 4) is 5.69 Å². The van der Waals surface area contributed by atoms with Crippen LogP contribution in [0.3, 0.4) is 0 Å². The highest BCUT2D eigenvalue weighted by atomic mass is 32.1. The second-order valence-electron chi connectivity index (χ2n) is 7.96. The Morgan fingerprint density at radius 1 is 1.09 bits per heavy atom. The summed E-state index contributed by atoms with van der Waals surface area (Å²) >= 11 is 5.79. The van der Waals surface area contributed by atoms with E-state index in [1.807, 2.05) is 67.0 Å². The van der Waals surface area contributed by atoms with E-state index in [1.165, 1.54) is 7.11 Å². The first-order valence-electron chi connectivity index (χ1n) is 10.9. The summed E-state index contributed by atoms with van der Waals surface area (Å²) in [6, 6.07) is 21.0. The molecular weight excluding hydrogens is 446 g/mol. The SMILES string of the molecule is COC(=O)c1cccc(-n2cccc2[C@@H]2[C@@H](c3ccccn3)NC(=S)N2Cc2cccnc2)c1. The zero-order valence-electron chi connectivity index (χ0n) is 18.5. The maximum Gasteiger partial charge on any atom is 0.337 e. The van der Waals surface area contributed by atoms with Crippen molar-refractivity contribution in [3.63, 3.8) is 0 Å². The van der Waals surface area contributed by atoms with Crippen molar-refractivity contribution in [3.05, 3.63) is 114 Å². The lowest BCUT2D eigenvalue weighted by Gasteiger charge is -2.29. The van der Waals surface area contributed by atoms with Crippen LogP contribution in [0.25, 0.3) is 5.69 Å². The number of nitrogens with one attached hydrogen (secondary N) is 1. The molecule has 1 N–H and O–H groups in total. The summed E-state index contributed by atoms with van der Waals surface area (Å²) in [6.07, 6.45) is 7.40. The number of ether oxygens (including phenoxy) is 1. The summed E-state index contributed by atoms with van der Waals surface area (Å²) in [5, 5.41) is 4.14. The molecule has 4 heterocycles. The Hall–Kier alpha value is -4.04. The van der Waals surface area contributed by atoms with Crippen LogP contribution in [-0.4, -0.2) is 37.6 Å². The number of esters is 1. The number of rotatable bonds is 6. The molecule has 1 aliphatic rings. The highest BCUT2D eigenvalue weighted by Gasteiger charge is 2.41. The van der Waals surface area contributed by atoms with Crippen LogP contribution in [0, 0.1) is 0 Å². The molecule has 2 atom stereocenters. The number of aromatic nitrogens is 3. The lowest BCUT2D eigenvalue weighted by Crippen LogP contribution is -2.30. The summed E-state index contributed by atoms with van der Waals surface area (Å²) in [4.78, 5) is 23.2. The highest BCUT2D eigenvalue weighted by Crippen LogP contribution is 2.40. The molecule has 0 unspecified atom stereocenters. The van der Waals surface area contributed by atoms with Crippen molar-refractivity contribution in [1.29, 1.82) is 0 Å². The van der Waals surface area contributed by atoms with Gasteiger partial charge >= 0.3 is 5.97 Å². The first-order chi connectivity index (χ1) is 16.7. The van der Waals surface area contributed by atoms with Gasteiger partial charge < -0.3 is 19.5 Å². The molecule has 34 heavy (non-hydrogen) atoms. The normalized spacial score (nSPS) is 17.4. The fourth-order valence-electron chi connectivity index (χ4n) is 4.36. The van der Waals surface area contributed by atoms with Gasteiger partial charge in [0.15, 0.2) is 5.11 Å². The Labute approximate surface area is 203 Å². The van der Waals surface area contributed by atoms with Crippen LogP contribution in [0.1, 0.15) is 39.4 Å². The third kappa shape index (κ3) is 4.15. The van der Waals surface area contributed by atoms with Crippen LogP contribution >= 0.6 is 12.2 Å². The number of methoxy groups -OCH3 is 1. The minimum Gasteiger partial charge on any atom is -0.465 e. The summed E-state index contributed by atoms with van der Waals surface area (Å²) in [5.41, 5.74) is 4.34. The zero-order chi connectivity index (χ0) is 23.5. The van der Waals surface area contributed by atoms with E-state index in [4.69, 9.17) is 17.0 Å². The molecular formula is C26H23N5O2S. The molecule has 0 amide bonds. The molecule has 1 saturated heterocycles. The Bertz CT molecular complexity index is 1310. The highest BCUT2D eigenvalue weighted by molar-refractivity contribution is 7.80. The molecule has 0 radical (unpaired) electrons. The molecule has 1 aromatic carbocycles. The van der Waals surface area contributed by atoms with Gasteiger partial charge in [-0.25, -0.2) is 4.79 Å². The van der Waals surface area contributed by atoms with Gasteiger partial charge in [0, 0.05) is 42.7 Å². The number of hydrogen-bond donors (Lipinski definition) is 1. The second kappa shape index (κ2) is 9.44. The van der Waals surface area contributed by atoms with Crippen LogP contribution in [0.15, 0.2) is 91.5 Å². The predicted octanol–water partition coefficient (Wildman–Crippen LogP) is 4.23. The van der Waals surface area contributed by atoms with Crippen LogP contribution < -0.4 is 5.32 Å². The van der Waals surface area contributed by atoms with Crippen LogP contribution in [-0.2, 0) is 11.3 Å². The number of hydrogen-bond acceptors (Lipinski definition) is 5. The molecule has 1 aliphatic heterocycles. The van der Waals surface area contributed by atoms with Gasteiger partial charge in [0.2, 0.25) is 0 Å². The van der Waals surface area contributed by atoms with Crippen LogP contribution in [0.5, 0.6) is 0 Å². The fourth-order valence-corrected chi connectivity index (χ4v) is 4.66. The first kappa shape index (κ1) is 21.8. The summed E-state index contributed by atoms with van der Waals surface area (Å²) in [7, 11) is 1.38. The Morgan fingerprint density at radius 3 is 2.76 bits per heavy atom. The van der Waals surface area contributed by atoms with Crippen molar-refractivity contribution in [1.82, 2.24) is 24.8 Å². The predicted molar refractivity (Wildman–Crippen MR) is 132 cm³/mol. The number of carbonyl (C=O) groups excluding carboxylic acids is 1. The van der Waals surface area contributed by atoms with E-state index < -0.39 is 0 Å². The van der Waals surface area contributed by atoms with Gasteiger partial charge in [-0.1, -0.05) is 18.2 Å².